The smallest absolute Gasteiger partial charge is 0.253 e. The minimum atomic E-state index is 0.00363. The number of hydrogen-bond acceptors (Lipinski definition) is 2. The van der Waals surface area contributed by atoms with E-state index < -0.39 is 0 Å². The molecule has 2 atom stereocenters. The molecule has 1 aliphatic heterocycles. The topological polar surface area (TPSA) is 46.3 Å². The zero-order valence-corrected chi connectivity index (χ0v) is 12.4. The first-order valence-electron chi connectivity index (χ1n) is 6.49. The molecule has 1 fully saturated rings. The van der Waals surface area contributed by atoms with Gasteiger partial charge in [0, 0.05) is 24.7 Å². The Labute approximate surface area is 123 Å². The zero-order valence-electron chi connectivity index (χ0n) is 10.9. The lowest BCUT2D eigenvalue weighted by atomic mass is 9.92. The molecular weight excluding hydrogens is 283 g/mol. The zero-order chi connectivity index (χ0) is 14.0. The summed E-state index contributed by atoms with van der Waals surface area (Å²) in [5.41, 5.74) is 6.52. The highest BCUT2D eigenvalue weighted by molar-refractivity contribution is 6.42. The van der Waals surface area contributed by atoms with Gasteiger partial charge in [-0.15, -0.1) is 0 Å². The van der Waals surface area contributed by atoms with E-state index in [-0.39, 0.29) is 11.9 Å². The monoisotopic (exact) mass is 300 g/mol. The third kappa shape index (κ3) is 3.41. The number of halogens is 2. The number of carbonyl (C=O) groups is 1. The van der Waals surface area contributed by atoms with Gasteiger partial charge in [-0.2, -0.15) is 0 Å². The van der Waals surface area contributed by atoms with Gasteiger partial charge in [-0.25, -0.2) is 0 Å². The molecule has 2 rings (SSSR count). The maximum atomic E-state index is 12.4. The van der Waals surface area contributed by atoms with Crippen LogP contribution in [0.2, 0.25) is 10.0 Å². The summed E-state index contributed by atoms with van der Waals surface area (Å²) in [6.45, 7) is 3.50. The number of carbonyl (C=O) groups excluding carboxylic acids is 1. The summed E-state index contributed by atoms with van der Waals surface area (Å²) in [4.78, 5) is 14.3. The van der Waals surface area contributed by atoms with Crippen LogP contribution in [-0.4, -0.2) is 29.9 Å². The molecule has 1 aliphatic rings. The van der Waals surface area contributed by atoms with Gasteiger partial charge in [0.05, 0.1) is 10.0 Å². The van der Waals surface area contributed by atoms with E-state index in [2.05, 4.69) is 0 Å². The summed E-state index contributed by atoms with van der Waals surface area (Å²) in [5, 5.41) is 0.874. The van der Waals surface area contributed by atoms with E-state index in [0.717, 1.165) is 25.9 Å². The normalized spacial score (nSPS) is 21.3. The number of likely N-dealkylation sites (tertiary alicyclic amines) is 1. The van der Waals surface area contributed by atoms with Crippen molar-refractivity contribution in [3.63, 3.8) is 0 Å². The Balaban J connectivity index is 2.12. The summed E-state index contributed by atoms with van der Waals surface area (Å²) in [6.07, 6.45) is 2.09. The second-order valence-electron chi connectivity index (χ2n) is 5.14. The summed E-state index contributed by atoms with van der Waals surface area (Å²) in [7, 11) is 0. The van der Waals surface area contributed by atoms with Crippen molar-refractivity contribution in [1.82, 2.24) is 4.90 Å². The van der Waals surface area contributed by atoms with Crippen molar-refractivity contribution in [2.75, 3.05) is 13.1 Å². The summed E-state index contributed by atoms with van der Waals surface area (Å²) in [5.74, 6) is 0.379. The number of rotatable bonds is 2. The minimum Gasteiger partial charge on any atom is -0.338 e. The van der Waals surface area contributed by atoms with Gasteiger partial charge >= 0.3 is 0 Å². The number of benzene rings is 1. The van der Waals surface area contributed by atoms with Crippen LogP contribution in [0.3, 0.4) is 0 Å². The molecule has 1 aromatic rings. The van der Waals surface area contributed by atoms with Crippen molar-refractivity contribution in [2.45, 2.75) is 25.8 Å². The van der Waals surface area contributed by atoms with Crippen molar-refractivity contribution in [2.24, 2.45) is 11.7 Å². The first-order chi connectivity index (χ1) is 8.99. The van der Waals surface area contributed by atoms with Gasteiger partial charge in [0.2, 0.25) is 0 Å². The van der Waals surface area contributed by atoms with E-state index in [1.54, 1.807) is 18.2 Å². The van der Waals surface area contributed by atoms with Crippen molar-refractivity contribution >= 4 is 29.1 Å². The second kappa shape index (κ2) is 6.12. The first-order valence-corrected chi connectivity index (χ1v) is 7.24. The van der Waals surface area contributed by atoms with E-state index in [1.807, 2.05) is 11.8 Å². The number of amides is 1. The van der Waals surface area contributed by atoms with Crippen LogP contribution in [0, 0.1) is 5.92 Å². The van der Waals surface area contributed by atoms with E-state index in [9.17, 15) is 4.79 Å². The third-order valence-corrected chi connectivity index (χ3v) is 4.39. The van der Waals surface area contributed by atoms with Crippen LogP contribution in [0.4, 0.5) is 0 Å². The van der Waals surface area contributed by atoms with E-state index in [1.165, 1.54) is 0 Å². The average Bonchev–Trinajstić information content (AvgIpc) is 2.41. The molecule has 1 amide bonds. The van der Waals surface area contributed by atoms with Crippen molar-refractivity contribution in [3.8, 4) is 0 Å². The number of nitrogens with zero attached hydrogens (tertiary/aromatic N) is 1. The fourth-order valence-corrected chi connectivity index (χ4v) is 2.73. The van der Waals surface area contributed by atoms with Gasteiger partial charge in [0.15, 0.2) is 0 Å². The molecule has 0 radical (unpaired) electrons. The lowest BCUT2D eigenvalue weighted by Gasteiger charge is -2.34. The van der Waals surface area contributed by atoms with Crippen LogP contribution in [0.1, 0.15) is 30.1 Å². The summed E-state index contributed by atoms with van der Waals surface area (Å²) >= 11 is 11.8. The lowest BCUT2D eigenvalue weighted by Crippen LogP contribution is -2.45. The Kier molecular flexibility index (Phi) is 4.71. The minimum absolute atomic E-state index is 0.00363. The Bertz CT molecular complexity index is 477. The number of piperidine rings is 1. The van der Waals surface area contributed by atoms with Crippen molar-refractivity contribution in [3.05, 3.63) is 33.8 Å². The highest BCUT2D eigenvalue weighted by atomic mass is 35.5. The van der Waals surface area contributed by atoms with Gasteiger partial charge in [0.25, 0.3) is 5.91 Å². The van der Waals surface area contributed by atoms with Gasteiger partial charge < -0.3 is 10.6 Å². The predicted molar refractivity (Wildman–Crippen MR) is 78.7 cm³/mol. The molecule has 104 valence electrons. The quantitative estimate of drug-likeness (QED) is 0.912. The van der Waals surface area contributed by atoms with E-state index in [4.69, 9.17) is 28.9 Å². The SMILES string of the molecule is CC(N)C1CCCN(C(=O)c2ccc(Cl)c(Cl)c2)C1. The molecule has 1 saturated heterocycles. The fraction of sp³-hybridized carbons (Fsp3) is 0.500. The molecule has 3 nitrogen and oxygen atoms in total. The summed E-state index contributed by atoms with van der Waals surface area (Å²) < 4.78 is 0. The molecule has 1 aromatic carbocycles. The number of nitrogens with two attached hydrogens (primary N) is 1. The van der Waals surface area contributed by atoms with Crippen LogP contribution in [0.25, 0.3) is 0 Å². The Morgan fingerprint density at radius 3 is 2.79 bits per heavy atom. The molecule has 19 heavy (non-hydrogen) atoms. The van der Waals surface area contributed by atoms with Crippen LogP contribution in [-0.2, 0) is 0 Å². The Morgan fingerprint density at radius 1 is 1.42 bits per heavy atom. The van der Waals surface area contributed by atoms with Crippen molar-refractivity contribution < 1.29 is 4.79 Å². The Morgan fingerprint density at radius 2 is 2.16 bits per heavy atom. The number of hydrogen-bond donors (Lipinski definition) is 1. The predicted octanol–water partition coefficient (Wildman–Crippen LogP) is 3.19. The average molecular weight is 301 g/mol. The second-order valence-corrected chi connectivity index (χ2v) is 5.96. The van der Waals surface area contributed by atoms with Gasteiger partial charge in [-0.05, 0) is 43.9 Å². The van der Waals surface area contributed by atoms with Gasteiger partial charge in [-0.1, -0.05) is 23.2 Å². The molecule has 0 spiro atoms. The molecule has 0 bridgehead atoms. The first kappa shape index (κ1) is 14.6. The highest BCUT2D eigenvalue weighted by Crippen LogP contribution is 2.25. The molecule has 2 unspecified atom stereocenters. The molecule has 2 N–H and O–H groups in total. The Hall–Kier alpha value is -0.770. The van der Waals surface area contributed by atoms with E-state index in [0.29, 0.717) is 21.5 Å². The third-order valence-electron chi connectivity index (χ3n) is 3.66. The van der Waals surface area contributed by atoms with Crippen LogP contribution >= 0.6 is 23.2 Å². The molecule has 1 heterocycles. The van der Waals surface area contributed by atoms with Gasteiger partial charge in [-0.3, -0.25) is 4.79 Å². The standard InChI is InChI=1S/C14H18Cl2N2O/c1-9(17)11-3-2-6-18(8-11)14(19)10-4-5-12(15)13(16)7-10/h4-5,7,9,11H,2-3,6,8,17H2,1H3. The molecule has 0 aliphatic carbocycles. The molecule has 0 saturated carbocycles. The lowest BCUT2D eigenvalue weighted by molar-refractivity contribution is 0.0661. The largest absolute Gasteiger partial charge is 0.338 e. The maximum absolute atomic E-state index is 12.4. The summed E-state index contributed by atoms with van der Waals surface area (Å²) in [6, 6.07) is 5.11. The molecule has 5 heteroatoms. The van der Waals surface area contributed by atoms with Crippen LogP contribution in [0.5, 0.6) is 0 Å². The van der Waals surface area contributed by atoms with E-state index >= 15 is 0 Å². The fourth-order valence-electron chi connectivity index (χ4n) is 2.44. The molecule has 0 aromatic heterocycles. The van der Waals surface area contributed by atoms with Gasteiger partial charge in [0.1, 0.15) is 0 Å². The van der Waals surface area contributed by atoms with Crippen LogP contribution < -0.4 is 5.73 Å². The van der Waals surface area contributed by atoms with Crippen LogP contribution in [0.15, 0.2) is 18.2 Å². The highest BCUT2D eigenvalue weighted by Gasteiger charge is 2.26. The molecular formula is C14H18Cl2N2O. The maximum Gasteiger partial charge on any atom is 0.253 e. The van der Waals surface area contributed by atoms with Crippen molar-refractivity contribution in [1.29, 1.82) is 0 Å².